The number of aryl methyl sites for hydroxylation is 2. The van der Waals surface area contributed by atoms with E-state index in [-0.39, 0.29) is 11.3 Å². The van der Waals surface area contributed by atoms with Gasteiger partial charge >= 0.3 is 0 Å². The van der Waals surface area contributed by atoms with Crippen molar-refractivity contribution in [1.82, 2.24) is 15.0 Å². The third-order valence-electron chi connectivity index (χ3n) is 6.22. The minimum absolute atomic E-state index is 0.260. The Bertz CT molecular complexity index is 594. The molecule has 3 aliphatic rings. The summed E-state index contributed by atoms with van der Waals surface area (Å²) in [5.74, 6) is 1.55. The number of piperazine rings is 1. The lowest BCUT2D eigenvalue weighted by Gasteiger charge is -2.35. The van der Waals surface area contributed by atoms with Crippen LogP contribution in [0.25, 0.3) is 0 Å². The van der Waals surface area contributed by atoms with E-state index in [0.717, 1.165) is 76.7 Å². The first kappa shape index (κ1) is 16.1. The Morgan fingerprint density at radius 2 is 1.92 bits per heavy atom. The number of carbonyl (C=O) groups is 1. The summed E-state index contributed by atoms with van der Waals surface area (Å²) in [6, 6.07) is 0. The number of rotatable bonds is 3. The minimum atomic E-state index is 0.260. The summed E-state index contributed by atoms with van der Waals surface area (Å²) in [7, 11) is 0. The molecule has 0 N–H and O–H groups in total. The zero-order chi connectivity index (χ0) is 16.7. The maximum atomic E-state index is 12.8. The number of amides is 1. The lowest BCUT2D eigenvalue weighted by molar-refractivity contribution is -0.135. The average molecular weight is 333 g/mol. The van der Waals surface area contributed by atoms with Gasteiger partial charge in [0.15, 0.2) is 0 Å². The molecule has 6 heteroatoms. The molecule has 4 rings (SSSR count). The molecule has 3 fully saturated rings. The molecule has 1 aliphatic carbocycles. The Kier molecular flexibility index (Phi) is 4.12. The molecular formula is C18H27N3O3. The Morgan fingerprint density at radius 3 is 2.54 bits per heavy atom. The molecule has 132 valence electrons. The normalized spacial score (nSPS) is 26.8. The molecule has 1 saturated carbocycles. The van der Waals surface area contributed by atoms with Crippen LogP contribution in [0.15, 0.2) is 4.52 Å². The van der Waals surface area contributed by atoms with Crippen molar-refractivity contribution in [2.45, 2.75) is 39.7 Å². The van der Waals surface area contributed by atoms with Gasteiger partial charge in [0.2, 0.25) is 5.91 Å². The standard InChI is InChI=1S/C18H27N3O3/c1-13-15(14(2)24-19-13)12-20-5-7-21(8-6-20)17(22)16-11-18(16)3-9-23-10-4-18/h16H,3-12H2,1-2H3. The third kappa shape index (κ3) is 2.86. The molecule has 2 aliphatic heterocycles. The number of hydrogen-bond donors (Lipinski definition) is 0. The summed E-state index contributed by atoms with van der Waals surface area (Å²) in [5.41, 5.74) is 2.45. The number of aromatic nitrogens is 1. The Labute approximate surface area is 143 Å². The van der Waals surface area contributed by atoms with Crippen molar-refractivity contribution >= 4 is 5.91 Å². The van der Waals surface area contributed by atoms with Crippen LogP contribution in [0, 0.1) is 25.2 Å². The summed E-state index contributed by atoms with van der Waals surface area (Å²) < 4.78 is 10.7. The summed E-state index contributed by atoms with van der Waals surface area (Å²) in [4.78, 5) is 17.3. The van der Waals surface area contributed by atoms with Crippen LogP contribution in [0.3, 0.4) is 0 Å². The summed E-state index contributed by atoms with van der Waals surface area (Å²) in [6.07, 6.45) is 3.21. The maximum absolute atomic E-state index is 12.8. The van der Waals surface area contributed by atoms with Gasteiger partial charge in [-0.25, -0.2) is 0 Å². The highest BCUT2D eigenvalue weighted by Crippen LogP contribution is 2.59. The summed E-state index contributed by atoms with van der Waals surface area (Å²) >= 11 is 0. The van der Waals surface area contributed by atoms with E-state index in [1.165, 1.54) is 5.56 Å². The molecule has 1 amide bonds. The van der Waals surface area contributed by atoms with Crippen molar-refractivity contribution in [2.75, 3.05) is 39.4 Å². The van der Waals surface area contributed by atoms with Crippen LogP contribution in [0.1, 0.15) is 36.3 Å². The van der Waals surface area contributed by atoms with Gasteiger partial charge in [0.1, 0.15) is 5.76 Å². The van der Waals surface area contributed by atoms with Crippen molar-refractivity contribution < 1.29 is 14.1 Å². The van der Waals surface area contributed by atoms with E-state index in [1.54, 1.807) is 0 Å². The van der Waals surface area contributed by atoms with E-state index >= 15 is 0 Å². The third-order valence-corrected chi connectivity index (χ3v) is 6.22. The van der Waals surface area contributed by atoms with Gasteiger partial charge in [0, 0.05) is 57.4 Å². The lowest BCUT2D eigenvalue weighted by atomic mass is 9.93. The van der Waals surface area contributed by atoms with Crippen molar-refractivity contribution in [2.24, 2.45) is 11.3 Å². The Morgan fingerprint density at radius 1 is 1.21 bits per heavy atom. The fourth-order valence-corrected chi connectivity index (χ4v) is 4.33. The first-order valence-corrected chi connectivity index (χ1v) is 9.10. The predicted octanol–water partition coefficient (Wildman–Crippen LogP) is 1.75. The summed E-state index contributed by atoms with van der Waals surface area (Å²) in [6.45, 7) is 10.0. The highest BCUT2D eigenvalue weighted by atomic mass is 16.5. The van der Waals surface area contributed by atoms with Crippen LogP contribution in [0.5, 0.6) is 0 Å². The van der Waals surface area contributed by atoms with Gasteiger partial charge in [0.05, 0.1) is 5.69 Å². The molecule has 1 unspecified atom stereocenters. The van der Waals surface area contributed by atoms with Gasteiger partial charge in [-0.1, -0.05) is 5.16 Å². The second kappa shape index (κ2) is 6.15. The number of nitrogens with zero attached hydrogens (tertiary/aromatic N) is 3. The average Bonchev–Trinajstić information content (AvgIpc) is 3.20. The molecule has 6 nitrogen and oxygen atoms in total. The number of ether oxygens (including phenoxy) is 1. The monoisotopic (exact) mass is 333 g/mol. The topological polar surface area (TPSA) is 58.8 Å². The van der Waals surface area contributed by atoms with Crippen molar-refractivity contribution in [3.8, 4) is 0 Å². The molecule has 1 aromatic rings. The molecule has 1 atom stereocenters. The van der Waals surface area contributed by atoms with E-state index in [4.69, 9.17) is 9.26 Å². The van der Waals surface area contributed by atoms with Crippen LogP contribution in [0.4, 0.5) is 0 Å². The number of carbonyl (C=O) groups excluding carboxylic acids is 1. The largest absolute Gasteiger partial charge is 0.381 e. The molecular weight excluding hydrogens is 306 g/mol. The van der Waals surface area contributed by atoms with E-state index < -0.39 is 0 Å². The highest BCUT2D eigenvalue weighted by molar-refractivity contribution is 5.82. The molecule has 0 aromatic carbocycles. The van der Waals surface area contributed by atoms with Crippen LogP contribution >= 0.6 is 0 Å². The van der Waals surface area contributed by atoms with Gasteiger partial charge in [-0.15, -0.1) is 0 Å². The van der Waals surface area contributed by atoms with E-state index in [9.17, 15) is 4.79 Å². The highest BCUT2D eigenvalue weighted by Gasteiger charge is 2.58. The molecule has 24 heavy (non-hydrogen) atoms. The van der Waals surface area contributed by atoms with Crippen LogP contribution in [-0.2, 0) is 16.1 Å². The fourth-order valence-electron chi connectivity index (χ4n) is 4.33. The van der Waals surface area contributed by atoms with Gasteiger partial charge < -0.3 is 14.2 Å². The van der Waals surface area contributed by atoms with Gasteiger partial charge in [-0.3, -0.25) is 9.69 Å². The van der Waals surface area contributed by atoms with Crippen molar-refractivity contribution in [1.29, 1.82) is 0 Å². The van der Waals surface area contributed by atoms with E-state index in [0.29, 0.717) is 5.91 Å². The van der Waals surface area contributed by atoms with Gasteiger partial charge in [-0.2, -0.15) is 0 Å². The van der Waals surface area contributed by atoms with E-state index in [1.807, 2.05) is 13.8 Å². The summed E-state index contributed by atoms with van der Waals surface area (Å²) in [5, 5.41) is 4.03. The molecule has 1 aromatic heterocycles. The molecule has 0 bridgehead atoms. The van der Waals surface area contributed by atoms with Crippen LogP contribution in [-0.4, -0.2) is 60.3 Å². The fraction of sp³-hybridized carbons (Fsp3) is 0.778. The van der Waals surface area contributed by atoms with Crippen molar-refractivity contribution in [3.63, 3.8) is 0 Å². The molecule has 2 saturated heterocycles. The first-order chi connectivity index (χ1) is 11.6. The van der Waals surface area contributed by atoms with E-state index in [2.05, 4.69) is 15.0 Å². The molecule has 3 heterocycles. The molecule has 0 radical (unpaired) electrons. The van der Waals surface area contributed by atoms with Crippen LogP contribution < -0.4 is 0 Å². The SMILES string of the molecule is Cc1noc(C)c1CN1CCN(C(=O)C2CC23CCOCC3)CC1. The second-order valence-corrected chi connectivity index (χ2v) is 7.64. The minimum Gasteiger partial charge on any atom is -0.381 e. The molecule has 1 spiro atoms. The van der Waals surface area contributed by atoms with Gasteiger partial charge in [-0.05, 0) is 38.5 Å². The smallest absolute Gasteiger partial charge is 0.226 e. The zero-order valence-electron chi connectivity index (χ0n) is 14.7. The number of hydrogen-bond acceptors (Lipinski definition) is 5. The second-order valence-electron chi connectivity index (χ2n) is 7.64. The Balaban J connectivity index is 1.29. The van der Waals surface area contributed by atoms with Crippen LogP contribution in [0.2, 0.25) is 0 Å². The lowest BCUT2D eigenvalue weighted by Crippen LogP contribution is -2.49. The maximum Gasteiger partial charge on any atom is 0.226 e. The quantitative estimate of drug-likeness (QED) is 0.843. The zero-order valence-corrected chi connectivity index (χ0v) is 14.7. The predicted molar refractivity (Wildman–Crippen MR) is 88.4 cm³/mol. The van der Waals surface area contributed by atoms with Gasteiger partial charge in [0.25, 0.3) is 0 Å². The first-order valence-electron chi connectivity index (χ1n) is 9.10. The van der Waals surface area contributed by atoms with Crippen molar-refractivity contribution in [3.05, 3.63) is 17.0 Å². The Hall–Kier alpha value is -1.40.